The van der Waals surface area contributed by atoms with Gasteiger partial charge in [-0.05, 0) is 81.7 Å². The first-order valence-electron chi connectivity index (χ1n) is 48.5. The van der Waals surface area contributed by atoms with Gasteiger partial charge in [0.15, 0.2) is 11.4 Å². The van der Waals surface area contributed by atoms with Crippen LogP contribution in [0.3, 0.4) is 0 Å². The summed E-state index contributed by atoms with van der Waals surface area (Å²) in [6, 6.07) is 2.72. The second kappa shape index (κ2) is 61.3. The number of nitriles is 1. The molecule has 1 aromatic rings. The zero-order valence-corrected chi connectivity index (χ0v) is 87.3. The standard InChI is InChI=1S/C13H23NO.C12H16N2O.C12H19NO2.C12H21NO.C11H17NO2.3C10H17NO.C10H13NO.C9H12O2/c1-11(2)6-7-13(5)10-14(12(3)4)8-9-15-13;1-10(2)4-5-12(3)11-13-6-7-14(11)8-9-15-12;1-10(2)5-6-12(4)9-13(11(3)14)7-8-15-12;1-5-13-8-9-14-12(4,10-13)7-6-11(2)3;1-9(2)5-6-10-4-3-7-12(10)11(14)8-13;3*1-9(2)4-5-10(3)8-11-6-7-12-10;1-8(2)3-4-10(12)5-9(6-10)7-11;1-7(2)3-4-8-5-9(10)11-6-8/h11-12H,8-10H2,1-5H3;6-7,10H,8-9H2,1-3H3;10H,7-9H2,1-4H3;11H,5,8-10H2,1-4H3;9-10,13H,3-4,7-8H2,1-2H3;3*9,11H,6-8H2,1-3H3;8-9,12H,5-6H2,1-2H3;7-8H,5-6H2,1-2H3/t13-;;2*12-;;10-;;;;8-/m1.11.1...0/s1. The molecule has 1 aliphatic carbocycles. The Labute approximate surface area is 801 Å². The van der Waals surface area contributed by atoms with Crippen molar-refractivity contribution in [2.45, 2.75) is 310 Å². The number of aliphatic hydroxyl groups is 2. The van der Waals surface area contributed by atoms with Gasteiger partial charge in [0.1, 0.15) is 52.4 Å². The molecule has 9 fully saturated rings. The van der Waals surface area contributed by atoms with Crippen molar-refractivity contribution in [1.82, 2.24) is 45.1 Å². The molecule has 2 amide bonds. The number of cyclic esters (lactones) is 1. The summed E-state index contributed by atoms with van der Waals surface area (Å²) in [5, 5.41) is 36.7. The molecule has 1 aromatic heterocycles. The zero-order chi connectivity index (χ0) is 99.5. The summed E-state index contributed by atoms with van der Waals surface area (Å²) in [5.74, 6) is 67.0. The van der Waals surface area contributed by atoms with E-state index in [0.717, 1.165) is 137 Å². The number of aromatic nitrogens is 2. The molecule has 8 saturated heterocycles. The van der Waals surface area contributed by atoms with Gasteiger partial charge in [-0.2, -0.15) is 5.26 Å². The summed E-state index contributed by atoms with van der Waals surface area (Å²) in [7, 11) is 0. The van der Waals surface area contributed by atoms with Crippen molar-refractivity contribution < 1.29 is 62.5 Å². The molecule has 5 N–H and O–H groups in total. The van der Waals surface area contributed by atoms with Crippen molar-refractivity contribution in [3.8, 4) is 124 Å². The van der Waals surface area contributed by atoms with Crippen LogP contribution in [-0.4, -0.2) is 260 Å². The van der Waals surface area contributed by atoms with E-state index < -0.39 is 23.4 Å². The van der Waals surface area contributed by atoms with Gasteiger partial charge in [0.05, 0.1) is 83.2 Å². The van der Waals surface area contributed by atoms with Crippen molar-refractivity contribution in [3.05, 3.63) is 18.2 Å². The lowest BCUT2D eigenvalue weighted by Gasteiger charge is -2.39. The van der Waals surface area contributed by atoms with Crippen LogP contribution in [0.25, 0.3) is 0 Å². The van der Waals surface area contributed by atoms with Crippen LogP contribution >= 0.6 is 0 Å². The van der Waals surface area contributed by atoms with E-state index in [1.165, 1.54) is 0 Å². The molecule has 23 heteroatoms. The predicted molar refractivity (Wildman–Crippen MR) is 532 cm³/mol. The molecule has 10 aliphatic rings. The van der Waals surface area contributed by atoms with E-state index in [9.17, 15) is 19.5 Å². The number of hydrogen-bond acceptors (Lipinski definition) is 20. The molecule has 0 aromatic carbocycles. The zero-order valence-electron chi connectivity index (χ0n) is 87.3. The monoisotopic (exact) mass is 1830 g/mol. The van der Waals surface area contributed by atoms with Gasteiger partial charge in [-0.1, -0.05) is 258 Å². The third kappa shape index (κ3) is 51.7. The summed E-state index contributed by atoms with van der Waals surface area (Å²) < 4.78 is 46.5. The van der Waals surface area contributed by atoms with Gasteiger partial charge in [0.25, 0.3) is 0 Å². The number of likely N-dealkylation sites (tertiary alicyclic amines) is 1. The average molecular weight is 1830 g/mol. The van der Waals surface area contributed by atoms with Gasteiger partial charge in [0, 0.05) is 182 Å². The Kier molecular flexibility index (Phi) is 55.8. The summed E-state index contributed by atoms with van der Waals surface area (Å²) in [5.41, 5.74) is -3.19. The highest BCUT2D eigenvalue weighted by molar-refractivity contribution is 5.78. The number of esters is 1. The van der Waals surface area contributed by atoms with Gasteiger partial charge in [-0.15, -0.1) is 5.92 Å². The van der Waals surface area contributed by atoms with Crippen LogP contribution < -0.4 is 16.0 Å². The van der Waals surface area contributed by atoms with E-state index in [2.05, 4.69) is 277 Å². The van der Waals surface area contributed by atoms with Crippen molar-refractivity contribution in [2.75, 3.05) is 151 Å². The van der Waals surface area contributed by atoms with E-state index in [0.29, 0.717) is 111 Å². The summed E-state index contributed by atoms with van der Waals surface area (Å²) in [4.78, 5) is 45.7. The second-order valence-electron chi connectivity index (χ2n) is 39.7. The average Bonchev–Trinajstić information content (AvgIpc) is 1.70. The third-order valence-corrected chi connectivity index (χ3v) is 20.9. The maximum atomic E-state index is 11.3. The van der Waals surface area contributed by atoms with E-state index in [1.54, 1.807) is 22.9 Å². The SMILES string of the molecule is CC(=O)N1CCO[C@](C)(C#CC(C)C)C1.CC(C)C#CC1(C)CNCCO1.CC(C)C#CC1(C)CNCCO1.CC(C)C#CC1(C)OCCn2ccnc21.CC(C)C#CC1(O)CC(C#N)C1.CC(C)C#CC1CCCN1C(=O)CO.CC(C)C#C[C@@H]1COC(=O)C1.CC(C)C#C[C@]1(C)CN(C(C)C)CCO1.CC(C)C#C[C@]1(C)CNCCO1.CCN1CCO[C@](C)(C#CC(C)C)C1. The highest BCUT2D eigenvalue weighted by Gasteiger charge is 2.42. The minimum atomic E-state index is -0.856. The molecule has 132 heavy (non-hydrogen) atoms. The molecule has 9 atom stereocenters. The largest absolute Gasteiger partial charge is 0.464 e. The molecule has 0 bridgehead atoms. The fraction of sp³-hybridized carbons (Fsp3) is 0.752. The Balaban J connectivity index is 0.000000497. The summed E-state index contributed by atoms with van der Waals surface area (Å²) in [6.45, 7) is 82.2. The number of amides is 2. The maximum Gasteiger partial charge on any atom is 0.307 e. The molecule has 10 heterocycles. The molecule has 4 unspecified atom stereocenters. The van der Waals surface area contributed by atoms with Crippen molar-refractivity contribution in [3.63, 3.8) is 0 Å². The molecule has 0 radical (unpaired) electrons. The number of aliphatic hydroxyl groups excluding tert-OH is 1. The van der Waals surface area contributed by atoms with Gasteiger partial charge in [-0.3, -0.25) is 24.2 Å². The number of nitrogens with zero attached hydrogens (tertiary/aromatic N) is 7. The van der Waals surface area contributed by atoms with Crippen LogP contribution in [0.4, 0.5) is 0 Å². The topological polar surface area (TPSA) is 256 Å². The van der Waals surface area contributed by atoms with Gasteiger partial charge >= 0.3 is 5.97 Å². The minimum absolute atomic E-state index is 0.0106. The number of rotatable bonds is 3. The second-order valence-corrected chi connectivity index (χ2v) is 39.7. The lowest BCUT2D eigenvalue weighted by molar-refractivity contribution is -0.140. The maximum absolute atomic E-state index is 11.3. The van der Waals surface area contributed by atoms with Crippen LogP contribution in [0, 0.1) is 201 Å². The van der Waals surface area contributed by atoms with Crippen LogP contribution in [0.2, 0.25) is 0 Å². The number of imidazole rings is 1. The fourth-order valence-electron chi connectivity index (χ4n) is 13.5. The molecule has 11 rings (SSSR count). The number of nitrogens with one attached hydrogen (secondary N) is 3. The summed E-state index contributed by atoms with van der Waals surface area (Å²) >= 11 is 0. The number of carbonyl (C=O) groups is 3. The lowest BCUT2D eigenvalue weighted by atomic mass is 9.72. The van der Waals surface area contributed by atoms with Gasteiger partial charge < -0.3 is 78.4 Å². The van der Waals surface area contributed by atoms with Crippen LogP contribution in [0.1, 0.15) is 253 Å². The number of likely N-dealkylation sites (N-methyl/N-ethyl adjacent to an activating group) is 1. The molecular formula is C109H172N10O13. The third-order valence-electron chi connectivity index (χ3n) is 20.9. The van der Waals surface area contributed by atoms with Gasteiger partial charge in [-0.25, -0.2) is 4.98 Å². The highest BCUT2D eigenvalue weighted by atomic mass is 16.5. The van der Waals surface area contributed by atoms with E-state index in [1.807, 2.05) is 96.2 Å². The molecule has 9 aliphatic heterocycles. The molecule has 0 spiro atoms. The van der Waals surface area contributed by atoms with Crippen molar-refractivity contribution in [2.24, 2.45) is 71.0 Å². The Morgan fingerprint density at radius 3 is 1.27 bits per heavy atom. The van der Waals surface area contributed by atoms with Crippen LogP contribution in [-0.2, 0) is 64.4 Å². The molecule has 736 valence electrons. The number of morpholine rings is 6. The molecule has 1 saturated carbocycles. The Hall–Kier alpha value is -7.85. The van der Waals surface area contributed by atoms with Crippen molar-refractivity contribution >= 4 is 17.8 Å². The quantitative estimate of drug-likeness (QED) is 0.139. The van der Waals surface area contributed by atoms with Crippen molar-refractivity contribution in [1.29, 1.82) is 5.26 Å². The normalized spacial score (nSPS) is 27.2. The lowest BCUT2D eigenvalue weighted by Crippen LogP contribution is -2.51. The van der Waals surface area contributed by atoms with E-state index in [4.69, 9.17) is 48.3 Å². The smallest absolute Gasteiger partial charge is 0.307 e. The minimum Gasteiger partial charge on any atom is -0.464 e. The van der Waals surface area contributed by atoms with Crippen LogP contribution in [0.15, 0.2) is 12.4 Å². The number of carbonyl (C=O) groups excluding carboxylic acids is 3. The van der Waals surface area contributed by atoms with Gasteiger partial charge in [0.2, 0.25) is 11.8 Å². The molecular weight excluding hydrogens is 1660 g/mol. The first-order valence-corrected chi connectivity index (χ1v) is 48.5. The number of ether oxygens (including phenoxy) is 8. The first kappa shape index (κ1) is 120. The Morgan fingerprint density at radius 2 is 0.879 bits per heavy atom. The predicted octanol–water partition coefficient (Wildman–Crippen LogP) is 13.2. The first-order chi connectivity index (χ1) is 61.8. The number of hydrogen-bond donors (Lipinski definition) is 5. The van der Waals surface area contributed by atoms with Crippen LogP contribution in [0.5, 0.6) is 0 Å². The Morgan fingerprint density at radius 1 is 0.485 bits per heavy atom. The van der Waals surface area contributed by atoms with E-state index in [-0.39, 0.29) is 69.6 Å². The molecule has 23 nitrogen and oxygen atoms in total. The number of fused-ring (bicyclic) bond motifs is 1. The van der Waals surface area contributed by atoms with E-state index >= 15 is 0 Å². The fourth-order valence-corrected chi connectivity index (χ4v) is 13.5. The summed E-state index contributed by atoms with van der Waals surface area (Å²) in [6.07, 6.45) is 7.22. The highest BCUT2D eigenvalue weighted by Crippen LogP contribution is 2.37. The Bertz CT molecular complexity index is 4230.